The molecule has 1 saturated heterocycles. The first-order chi connectivity index (χ1) is 7.42. The maximum absolute atomic E-state index is 5.98. The summed E-state index contributed by atoms with van der Waals surface area (Å²) in [5.74, 6) is 2.74. The average molecular weight is 203 g/mol. The van der Waals surface area contributed by atoms with Crippen molar-refractivity contribution in [2.45, 2.75) is 18.9 Å². The molecule has 2 aliphatic rings. The van der Waals surface area contributed by atoms with E-state index in [0.29, 0.717) is 6.10 Å². The second-order valence-electron chi connectivity index (χ2n) is 4.70. The van der Waals surface area contributed by atoms with Gasteiger partial charge in [0.15, 0.2) is 0 Å². The molecule has 2 nitrogen and oxygen atoms in total. The molecule has 15 heavy (non-hydrogen) atoms. The number of nitrogens with one attached hydrogen (secondary N) is 1. The van der Waals surface area contributed by atoms with Crippen molar-refractivity contribution in [3.05, 3.63) is 30.3 Å². The van der Waals surface area contributed by atoms with Crippen molar-refractivity contribution in [3.8, 4) is 5.75 Å². The highest BCUT2D eigenvalue weighted by Gasteiger charge is 2.38. The summed E-state index contributed by atoms with van der Waals surface area (Å²) in [7, 11) is 0. The van der Waals surface area contributed by atoms with E-state index in [4.69, 9.17) is 4.74 Å². The Morgan fingerprint density at radius 2 is 1.67 bits per heavy atom. The summed E-state index contributed by atoms with van der Waals surface area (Å²) in [5, 5.41) is 3.45. The molecular weight excluding hydrogens is 186 g/mol. The van der Waals surface area contributed by atoms with Gasteiger partial charge in [0, 0.05) is 0 Å². The van der Waals surface area contributed by atoms with E-state index in [1.165, 1.54) is 25.9 Å². The van der Waals surface area contributed by atoms with Gasteiger partial charge in [-0.3, -0.25) is 0 Å². The Kier molecular flexibility index (Phi) is 2.37. The van der Waals surface area contributed by atoms with Crippen molar-refractivity contribution in [1.82, 2.24) is 5.32 Å². The molecule has 3 rings (SSSR count). The summed E-state index contributed by atoms with van der Waals surface area (Å²) in [4.78, 5) is 0. The maximum Gasteiger partial charge on any atom is 0.119 e. The third-order valence-corrected chi connectivity index (χ3v) is 3.66. The van der Waals surface area contributed by atoms with Crippen LogP contribution in [0.25, 0.3) is 0 Å². The van der Waals surface area contributed by atoms with E-state index in [-0.39, 0.29) is 0 Å². The van der Waals surface area contributed by atoms with Gasteiger partial charge in [-0.1, -0.05) is 18.2 Å². The molecule has 1 N–H and O–H groups in total. The van der Waals surface area contributed by atoms with Gasteiger partial charge in [0.25, 0.3) is 0 Å². The number of hydrogen-bond acceptors (Lipinski definition) is 2. The van der Waals surface area contributed by atoms with Crippen LogP contribution in [0.2, 0.25) is 0 Å². The summed E-state index contributed by atoms with van der Waals surface area (Å²) in [6, 6.07) is 10.2. The summed E-state index contributed by atoms with van der Waals surface area (Å²) >= 11 is 0. The van der Waals surface area contributed by atoms with Crippen molar-refractivity contribution >= 4 is 0 Å². The highest BCUT2D eigenvalue weighted by atomic mass is 16.5. The van der Waals surface area contributed by atoms with Crippen LogP contribution >= 0.6 is 0 Å². The Hall–Kier alpha value is -1.02. The van der Waals surface area contributed by atoms with Gasteiger partial charge >= 0.3 is 0 Å². The summed E-state index contributed by atoms with van der Waals surface area (Å²) in [6.45, 7) is 2.39. The zero-order valence-electron chi connectivity index (χ0n) is 8.86. The van der Waals surface area contributed by atoms with Gasteiger partial charge in [-0.05, 0) is 49.9 Å². The van der Waals surface area contributed by atoms with Gasteiger partial charge in [0.2, 0.25) is 0 Å². The molecule has 1 aromatic carbocycles. The predicted molar refractivity (Wildman–Crippen MR) is 59.9 cm³/mol. The van der Waals surface area contributed by atoms with Gasteiger partial charge in [-0.15, -0.1) is 0 Å². The van der Waals surface area contributed by atoms with Crippen molar-refractivity contribution < 1.29 is 4.74 Å². The van der Waals surface area contributed by atoms with E-state index in [0.717, 1.165) is 17.6 Å². The van der Waals surface area contributed by atoms with E-state index in [1.54, 1.807) is 0 Å². The molecule has 2 unspecified atom stereocenters. The van der Waals surface area contributed by atoms with Crippen LogP contribution in [0.15, 0.2) is 30.3 Å². The van der Waals surface area contributed by atoms with E-state index < -0.39 is 0 Å². The first-order valence-corrected chi connectivity index (χ1v) is 5.84. The highest BCUT2D eigenvalue weighted by Crippen LogP contribution is 2.36. The molecule has 1 aliphatic heterocycles. The van der Waals surface area contributed by atoms with E-state index in [2.05, 4.69) is 5.32 Å². The lowest BCUT2D eigenvalue weighted by molar-refractivity contribution is 0.199. The van der Waals surface area contributed by atoms with Crippen molar-refractivity contribution in [1.29, 1.82) is 0 Å². The van der Waals surface area contributed by atoms with Crippen LogP contribution in [-0.4, -0.2) is 19.2 Å². The summed E-state index contributed by atoms with van der Waals surface area (Å²) in [5.41, 5.74) is 0. The SMILES string of the molecule is c1ccc(OC2CC3CNCC3C2)cc1. The molecule has 0 bridgehead atoms. The second kappa shape index (κ2) is 3.86. The Morgan fingerprint density at radius 1 is 1.00 bits per heavy atom. The first kappa shape index (κ1) is 9.22. The predicted octanol–water partition coefficient (Wildman–Crippen LogP) is 2.06. The van der Waals surface area contributed by atoms with Crippen LogP contribution in [0.3, 0.4) is 0 Å². The fraction of sp³-hybridized carbons (Fsp3) is 0.538. The van der Waals surface area contributed by atoms with Gasteiger partial charge in [0.05, 0.1) is 6.10 Å². The van der Waals surface area contributed by atoms with Gasteiger partial charge < -0.3 is 10.1 Å². The fourth-order valence-electron chi connectivity index (χ4n) is 2.90. The van der Waals surface area contributed by atoms with Gasteiger partial charge in [0.1, 0.15) is 5.75 Å². The van der Waals surface area contributed by atoms with Crippen LogP contribution in [0.5, 0.6) is 5.75 Å². The summed E-state index contributed by atoms with van der Waals surface area (Å²) in [6.07, 6.45) is 2.91. The molecule has 0 aromatic heterocycles. The highest BCUT2D eigenvalue weighted by molar-refractivity contribution is 5.21. The van der Waals surface area contributed by atoms with Crippen molar-refractivity contribution in [3.63, 3.8) is 0 Å². The van der Waals surface area contributed by atoms with Crippen LogP contribution in [-0.2, 0) is 0 Å². The second-order valence-corrected chi connectivity index (χ2v) is 4.70. The molecule has 1 aromatic rings. The third kappa shape index (κ3) is 1.86. The molecule has 80 valence electrons. The number of rotatable bonds is 2. The molecule has 1 saturated carbocycles. The standard InChI is InChI=1S/C13H17NO/c1-2-4-12(5-3-1)15-13-6-10-8-14-9-11(10)7-13/h1-5,10-11,13-14H,6-9H2. The lowest BCUT2D eigenvalue weighted by Gasteiger charge is -2.14. The van der Waals surface area contributed by atoms with Gasteiger partial charge in [-0.25, -0.2) is 0 Å². The summed E-state index contributed by atoms with van der Waals surface area (Å²) < 4.78 is 5.98. The van der Waals surface area contributed by atoms with Gasteiger partial charge in [-0.2, -0.15) is 0 Å². The number of para-hydroxylation sites is 1. The number of hydrogen-bond donors (Lipinski definition) is 1. The van der Waals surface area contributed by atoms with Crippen LogP contribution in [0, 0.1) is 11.8 Å². The topological polar surface area (TPSA) is 21.3 Å². The Labute approximate surface area is 90.6 Å². The average Bonchev–Trinajstić information content (AvgIpc) is 2.79. The Bertz CT molecular complexity index is 313. The number of ether oxygens (including phenoxy) is 1. The van der Waals surface area contributed by atoms with Crippen molar-refractivity contribution in [2.24, 2.45) is 11.8 Å². The first-order valence-electron chi connectivity index (χ1n) is 5.84. The number of benzene rings is 1. The van der Waals surface area contributed by atoms with E-state index >= 15 is 0 Å². The lowest BCUT2D eigenvalue weighted by atomic mass is 10.0. The minimum atomic E-state index is 0.449. The quantitative estimate of drug-likeness (QED) is 0.794. The fourth-order valence-corrected chi connectivity index (χ4v) is 2.90. The minimum Gasteiger partial charge on any atom is -0.490 e. The molecule has 2 fully saturated rings. The number of fused-ring (bicyclic) bond motifs is 1. The van der Waals surface area contributed by atoms with Crippen molar-refractivity contribution in [2.75, 3.05) is 13.1 Å². The van der Waals surface area contributed by atoms with E-state index in [9.17, 15) is 0 Å². The molecule has 1 heterocycles. The molecular formula is C13H17NO. The smallest absolute Gasteiger partial charge is 0.119 e. The third-order valence-electron chi connectivity index (χ3n) is 3.66. The molecule has 0 amide bonds. The van der Waals surface area contributed by atoms with Crippen LogP contribution in [0.1, 0.15) is 12.8 Å². The van der Waals surface area contributed by atoms with E-state index in [1.807, 2.05) is 30.3 Å². The zero-order chi connectivity index (χ0) is 10.1. The molecule has 2 heteroatoms. The Balaban J connectivity index is 1.62. The molecule has 2 atom stereocenters. The molecule has 0 radical (unpaired) electrons. The van der Waals surface area contributed by atoms with Crippen LogP contribution < -0.4 is 10.1 Å². The normalized spacial score (nSPS) is 34.0. The minimum absolute atomic E-state index is 0.449. The van der Waals surface area contributed by atoms with Crippen LogP contribution in [0.4, 0.5) is 0 Å². The monoisotopic (exact) mass is 203 g/mol. The Morgan fingerprint density at radius 3 is 2.33 bits per heavy atom. The molecule has 0 spiro atoms. The lowest BCUT2D eigenvalue weighted by Crippen LogP contribution is -2.18. The maximum atomic E-state index is 5.98. The largest absolute Gasteiger partial charge is 0.490 e. The molecule has 1 aliphatic carbocycles. The zero-order valence-corrected chi connectivity index (χ0v) is 8.86.